The second-order valence-electron chi connectivity index (χ2n) is 6.24. The molecular formula is C19H18N4O3. The van der Waals surface area contributed by atoms with E-state index >= 15 is 0 Å². The van der Waals surface area contributed by atoms with E-state index in [0.717, 1.165) is 11.1 Å². The molecule has 2 aromatic heterocycles. The first-order valence-corrected chi connectivity index (χ1v) is 8.29. The lowest BCUT2D eigenvalue weighted by Crippen LogP contribution is -2.41. The summed E-state index contributed by atoms with van der Waals surface area (Å²) in [5.41, 5.74) is 2.83. The smallest absolute Gasteiger partial charge is 0.247 e. The van der Waals surface area contributed by atoms with Gasteiger partial charge in [-0.15, -0.1) is 10.2 Å². The van der Waals surface area contributed by atoms with Crippen molar-refractivity contribution in [1.82, 2.24) is 20.1 Å². The van der Waals surface area contributed by atoms with E-state index in [-0.39, 0.29) is 24.3 Å². The molecule has 0 bridgehead atoms. The molecule has 1 aromatic carbocycles. The quantitative estimate of drug-likeness (QED) is 0.708. The maximum absolute atomic E-state index is 11.8. The number of phenols is 1. The monoisotopic (exact) mass is 350 g/mol. The lowest BCUT2D eigenvalue weighted by molar-refractivity contribution is -0.136. The van der Waals surface area contributed by atoms with Gasteiger partial charge in [-0.2, -0.15) is 0 Å². The summed E-state index contributed by atoms with van der Waals surface area (Å²) in [6.45, 7) is 4.87. The van der Waals surface area contributed by atoms with Crippen molar-refractivity contribution in [1.29, 1.82) is 0 Å². The third-order valence-electron chi connectivity index (χ3n) is 4.51. The van der Waals surface area contributed by atoms with Crippen LogP contribution in [0.15, 0.2) is 49.1 Å². The van der Waals surface area contributed by atoms with Gasteiger partial charge in [0.15, 0.2) is 5.65 Å². The number of aromatic nitrogens is 3. The van der Waals surface area contributed by atoms with Crippen LogP contribution in [0.2, 0.25) is 0 Å². The molecule has 1 saturated heterocycles. The summed E-state index contributed by atoms with van der Waals surface area (Å²) in [6.07, 6.45) is 1.29. The summed E-state index contributed by atoms with van der Waals surface area (Å²) in [5, 5.41) is 19.3. The zero-order valence-electron chi connectivity index (χ0n) is 14.1. The Morgan fingerprint density at radius 2 is 2.19 bits per heavy atom. The molecule has 1 aliphatic heterocycles. The maximum atomic E-state index is 11.8. The van der Waals surface area contributed by atoms with Gasteiger partial charge in [0.05, 0.1) is 12.3 Å². The average Bonchev–Trinajstić information content (AvgIpc) is 3.11. The number of hydrogen-bond acceptors (Lipinski definition) is 5. The predicted octanol–water partition coefficient (Wildman–Crippen LogP) is 2.42. The van der Waals surface area contributed by atoms with E-state index in [4.69, 9.17) is 4.74 Å². The topological polar surface area (TPSA) is 91.3 Å². The number of nitrogens with zero attached hydrogens (tertiary/aromatic N) is 3. The van der Waals surface area contributed by atoms with Gasteiger partial charge in [0.2, 0.25) is 5.91 Å². The molecule has 3 aromatic rings. The number of rotatable bonds is 3. The molecule has 4 rings (SSSR count). The number of amides is 1. The number of benzene rings is 1. The Morgan fingerprint density at radius 1 is 1.35 bits per heavy atom. The van der Waals surface area contributed by atoms with Crippen LogP contribution in [0.1, 0.15) is 11.6 Å². The van der Waals surface area contributed by atoms with Crippen molar-refractivity contribution in [2.45, 2.75) is 5.92 Å². The van der Waals surface area contributed by atoms with E-state index in [1.165, 1.54) is 6.08 Å². The minimum absolute atomic E-state index is 0.0235. The van der Waals surface area contributed by atoms with Crippen LogP contribution >= 0.6 is 0 Å². The maximum Gasteiger partial charge on any atom is 0.247 e. The third kappa shape index (κ3) is 2.93. The number of fused-ring (bicyclic) bond motifs is 1. The van der Waals surface area contributed by atoms with Gasteiger partial charge in [-0.1, -0.05) is 18.7 Å². The molecule has 0 spiro atoms. The Labute approximate surface area is 149 Å². The second-order valence-corrected chi connectivity index (χ2v) is 6.24. The van der Waals surface area contributed by atoms with Crippen molar-refractivity contribution < 1.29 is 14.6 Å². The first kappa shape index (κ1) is 16.3. The molecule has 1 atom stereocenters. The van der Waals surface area contributed by atoms with Crippen molar-refractivity contribution in [2.75, 3.05) is 19.9 Å². The number of para-hydroxylation sites is 1. The fraction of sp³-hybridized carbons (Fsp3) is 0.211. The molecule has 0 aliphatic carbocycles. The highest BCUT2D eigenvalue weighted by Crippen LogP contribution is 2.30. The van der Waals surface area contributed by atoms with Gasteiger partial charge in [-0.05, 0) is 30.3 Å². The molecule has 1 unspecified atom stereocenters. The Morgan fingerprint density at radius 3 is 3.00 bits per heavy atom. The second kappa shape index (κ2) is 6.61. The fourth-order valence-corrected chi connectivity index (χ4v) is 3.14. The zero-order chi connectivity index (χ0) is 18.1. The summed E-state index contributed by atoms with van der Waals surface area (Å²) < 4.78 is 5.55. The Hall–Kier alpha value is -3.19. The molecule has 0 saturated carbocycles. The lowest BCUT2D eigenvalue weighted by Gasteiger charge is -2.31. The van der Waals surface area contributed by atoms with Crippen molar-refractivity contribution >= 4 is 16.9 Å². The Bertz CT molecular complexity index is 982. The molecule has 7 heteroatoms. The normalized spacial score (nSPS) is 17.4. The van der Waals surface area contributed by atoms with Crippen LogP contribution in [0.4, 0.5) is 0 Å². The summed E-state index contributed by atoms with van der Waals surface area (Å²) in [7, 11) is 0. The van der Waals surface area contributed by atoms with Gasteiger partial charge in [0.25, 0.3) is 0 Å². The van der Waals surface area contributed by atoms with Crippen molar-refractivity contribution in [2.24, 2.45) is 0 Å². The van der Waals surface area contributed by atoms with Crippen LogP contribution in [-0.2, 0) is 9.53 Å². The Kier molecular flexibility index (Phi) is 4.14. The first-order chi connectivity index (χ1) is 12.7. The largest absolute Gasteiger partial charge is 0.507 e. The molecule has 1 aliphatic rings. The van der Waals surface area contributed by atoms with Crippen molar-refractivity contribution in [3.63, 3.8) is 0 Å². The van der Waals surface area contributed by atoms with E-state index in [0.29, 0.717) is 30.1 Å². The number of aromatic amines is 1. The summed E-state index contributed by atoms with van der Waals surface area (Å²) in [6, 6.07) is 10.9. The SMILES string of the molecule is C=CC(=O)N1COCC(c2cc3cc(-c4ccccc4O)nnc3[nH]2)C1. The number of carbonyl (C=O) groups is 1. The van der Waals surface area contributed by atoms with E-state index < -0.39 is 0 Å². The molecule has 7 nitrogen and oxygen atoms in total. The van der Waals surface area contributed by atoms with Gasteiger partial charge in [0.1, 0.15) is 12.5 Å². The molecule has 1 amide bonds. The van der Waals surface area contributed by atoms with Crippen LogP contribution < -0.4 is 0 Å². The van der Waals surface area contributed by atoms with E-state index in [1.807, 2.05) is 18.2 Å². The number of aromatic hydroxyl groups is 1. The van der Waals surface area contributed by atoms with Gasteiger partial charge >= 0.3 is 0 Å². The van der Waals surface area contributed by atoms with Crippen LogP contribution in [0.3, 0.4) is 0 Å². The zero-order valence-corrected chi connectivity index (χ0v) is 14.1. The third-order valence-corrected chi connectivity index (χ3v) is 4.51. The van der Waals surface area contributed by atoms with Crippen molar-refractivity contribution in [3.05, 3.63) is 54.7 Å². The molecule has 3 heterocycles. The summed E-state index contributed by atoms with van der Waals surface area (Å²) >= 11 is 0. The molecule has 132 valence electrons. The average molecular weight is 350 g/mol. The van der Waals surface area contributed by atoms with Crippen LogP contribution in [0.5, 0.6) is 5.75 Å². The fourth-order valence-electron chi connectivity index (χ4n) is 3.14. The van der Waals surface area contributed by atoms with E-state index in [1.54, 1.807) is 23.1 Å². The van der Waals surface area contributed by atoms with E-state index in [2.05, 4.69) is 21.8 Å². The van der Waals surface area contributed by atoms with Crippen molar-refractivity contribution in [3.8, 4) is 17.0 Å². The number of hydrogen-bond donors (Lipinski definition) is 2. The van der Waals surface area contributed by atoms with Gasteiger partial charge in [-0.3, -0.25) is 4.79 Å². The van der Waals surface area contributed by atoms with Crippen LogP contribution in [0.25, 0.3) is 22.3 Å². The standard InChI is InChI=1S/C19H18N4O3/c1-2-18(25)23-9-13(10-26-11-23)15-7-12-8-16(21-22-19(12)20-15)14-5-3-4-6-17(14)24/h2-8,13,24H,1,9-11H2,(H,20,22). The predicted molar refractivity (Wildman–Crippen MR) is 96.5 cm³/mol. The number of ether oxygens (including phenoxy) is 1. The number of carbonyl (C=O) groups excluding carboxylic acids is 1. The minimum Gasteiger partial charge on any atom is -0.507 e. The highest BCUT2D eigenvalue weighted by molar-refractivity contribution is 5.87. The molecule has 0 radical (unpaired) electrons. The van der Waals surface area contributed by atoms with E-state index in [9.17, 15) is 9.90 Å². The minimum atomic E-state index is -0.146. The van der Waals surface area contributed by atoms with Gasteiger partial charge in [-0.25, -0.2) is 0 Å². The number of phenolic OH excluding ortho intramolecular Hbond substituents is 1. The number of nitrogens with one attached hydrogen (secondary N) is 1. The summed E-state index contributed by atoms with van der Waals surface area (Å²) in [5.74, 6) is 0.0408. The highest BCUT2D eigenvalue weighted by Gasteiger charge is 2.25. The van der Waals surface area contributed by atoms with Gasteiger partial charge < -0.3 is 19.7 Å². The highest BCUT2D eigenvalue weighted by atomic mass is 16.5. The summed E-state index contributed by atoms with van der Waals surface area (Å²) in [4.78, 5) is 16.7. The molecule has 1 fully saturated rings. The lowest BCUT2D eigenvalue weighted by atomic mass is 10.0. The van der Waals surface area contributed by atoms with Crippen LogP contribution in [0, 0.1) is 0 Å². The van der Waals surface area contributed by atoms with Crippen LogP contribution in [-0.4, -0.2) is 51.0 Å². The molecule has 2 N–H and O–H groups in total. The first-order valence-electron chi connectivity index (χ1n) is 8.29. The Balaban J connectivity index is 1.65. The van der Waals surface area contributed by atoms with Gasteiger partial charge in [0, 0.05) is 29.1 Å². The number of H-pyrrole nitrogens is 1. The molecular weight excluding hydrogens is 332 g/mol. The molecule has 26 heavy (non-hydrogen) atoms.